The fourth-order valence-corrected chi connectivity index (χ4v) is 2.88. The van der Waals surface area contributed by atoms with Gasteiger partial charge in [-0.2, -0.15) is 0 Å². The van der Waals surface area contributed by atoms with Gasteiger partial charge in [0.2, 0.25) is 0 Å². The van der Waals surface area contributed by atoms with Gasteiger partial charge in [0, 0.05) is 41.2 Å². The van der Waals surface area contributed by atoms with Crippen LogP contribution in [0, 0.1) is 5.92 Å². The van der Waals surface area contributed by atoms with Gasteiger partial charge in [-0.15, -0.1) is 0 Å². The molecule has 5 nitrogen and oxygen atoms in total. The third-order valence-electron chi connectivity index (χ3n) is 4.04. The molecular weight excluding hydrogens is 256 g/mol. The summed E-state index contributed by atoms with van der Waals surface area (Å²) in [4.78, 5) is 15.3. The van der Waals surface area contributed by atoms with Crippen LogP contribution >= 0.6 is 0 Å². The maximum absolute atomic E-state index is 12.2. The zero-order valence-corrected chi connectivity index (χ0v) is 11.0. The second-order valence-electron chi connectivity index (χ2n) is 5.43. The van der Waals surface area contributed by atoms with Crippen molar-refractivity contribution < 1.29 is 15.0 Å². The second kappa shape index (κ2) is 5.26. The summed E-state index contributed by atoms with van der Waals surface area (Å²) >= 11 is 0. The predicted octanol–water partition coefficient (Wildman–Crippen LogP) is 1.03. The first-order chi connectivity index (χ1) is 9.67. The van der Waals surface area contributed by atoms with E-state index in [9.17, 15) is 9.90 Å². The van der Waals surface area contributed by atoms with Crippen LogP contribution < -0.4 is 5.32 Å². The molecular formula is C15H18N2O3. The average molecular weight is 274 g/mol. The molecule has 0 bridgehead atoms. The first-order valence-corrected chi connectivity index (χ1v) is 6.84. The molecule has 0 saturated heterocycles. The highest BCUT2D eigenvalue weighted by atomic mass is 16.3. The summed E-state index contributed by atoms with van der Waals surface area (Å²) in [6.45, 7) is -0.0388. The summed E-state index contributed by atoms with van der Waals surface area (Å²) in [5.74, 6) is -0.267. The Morgan fingerprint density at radius 2 is 2.20 bits per heavy atom. The fourth-order valence-electron chi connectivity index (χ4n) is 2.88. The van der Waals surface area contributed by atoms with E-state index in [1.54, 1.807) is 6.07 Å². The minimum atomic E-state index is -0.530. The predicted molar refractivity (Wildman–Crippen MR) is 75.4 cm³/mol. The van der Waals surface area contributed by atoms with Gasteiger partial charge in [0.25, 0.3) is 5.91 Å². The molecule has 4 N–H and O–H groups in total. The number of fused-ring (bicyclic) bond motifs is 1. The number of aromatic nitrogens is 1. The summed E-state index contributed by atoms with van der Waals surface area (Å²) in [5.41, 5.74) is 1.61. The molecule has 106 valence electrons. The van der Waals surface area contributed by atoms with E-state index in [-0.39, 0.29) is 24.5 Å². The molecule has 1 aliphatic carbocycles. The van der Waals surface area contributed by atoms with Crippen LogP contribution in [0.3, 0.4) is 0 Å². The molecule has 3 rings (SSSR count). The lowest BCUT2D eigenvalue weighted by Gasteiger charge is -2.12. The lowest BCUT2D eigenvalue weighted by Crippen LogP contribution is -2.33. The van der Waals surface area contributed by atoms with Gasteiger partial charge in [0.1, 0.15) is 0 Å². The third-order valence-corrected chi connectivity index (χ3v) is 4.04. The SMILES string of the molecule is O=C(N[C@@H]1C[C@H](CO)[C@H](O)C1)c1ccc2[nH]ccc2c1. The maximum Gasteiger partial charge on any atom is 0.251 e. The minimum Gasteiger partial charge on any atom is -0.396 e. The Hall–Kier alpha value is -1.85. The highest BCUT2D eigenvalue weighted by molar-refractivity contribution is 5.98. The van der Waals surface area contributed by atoms with Crippen LogP contribution in [0.4, 0.5) is 0 Å². The molecule has 1 aromatic heterocycles. The first-order valence-electron chi connectivity index (χ1n) is 6.84. The van der Waals surface area contributed by atoms with E-state index < -0.39 is 6.10 Å². The Labute approximate surface area is 116 Å². The van der Waals surface area contributed by atoms with E-state index in [0.717, 1.165) is 10.9 Å². The Kier molecular flexibility index (Phi) is 3.46. The van der Waals surface area contributed by atoms with Crippen molar-refractivity contribution in [2.45, 2.75) is 25.0 Å². The number of amides is 1. The standard InChI is InChI=1S/C15H18N2O3/c18-8-11-6-12(7-14(11)19)17-15(20)10-1-2-13-9(5-10)3-4-16-13/h1-5,11-12,14,16,18-19H,6-8H2,(H,17,20)/t11-,12-,14-/m1/s1. The van der Waals surface area contributed by atoms with Crippen LogP contribution in [0.5, 0.6) is 0 Å². The van der Waals surface area contributed by atoms with Gasteiger partial charge in [-0.05, 0) is 37.1 Å². The van der Waals surface area contributed by atoms with Gasteiger partial charge >= 0.3 is 0 Å². The van der Waals surface area contributed by atoms with Gasteiger partial charge in [-0.1, -0.05) is 0 Å². The Morgan fingerprint density at radius 3 is 2.95 bits per heavy atom. The lowest BCUT2D eigenvalue weighted by molar-refractivity contribution is 0.0903. The molecule has 0 spiro atoms. The van der Waals surface area contributed by atoms with Gasteiger partial charge in [0.15, 0.2) is 0 Å². The van der Waals surface area contributed by atoms with Crippen molar-refractivity contribution in [3.8, 4) is 0 Å². The van der Waals surface area contributed by atoms with Crippen molar-refractivity contribution in [3.63, 3.8) is 0 Å². The van der Waals surface area contributed by atoms with Crippen molar-refractivity contribution in [1.29, 1.82) is 0 Å². The normalized spacial score (nSPS) is 26.0. The molecule has 1 fully saturated rings. The number of aromatic amines is 1. The van der Waals surface area contributed by atoms with Crippen LogP contribution in [0.15, 0.2) is 30.5 Å². The number of hydrogen-bond donors (Lipinski definition) is 4. The van der Waals surface area contributed by atoms with E-state index in [0.29, 0.717) is 18.4 Å². The van der Waals surface area contributed by atoms with E-state index in [1.165, 1.54) is 0 Å². The molecule has 3 atom stereocenters. The van der Waals surface area contributed by atoms with Crippen LogP contribution in [0.1, 0.15) is 23.2 Å². The summed E-state index contributed by atoms with van der Waals surface area (Å²) in [6, 6.07) is 7.35. The van der Waals surface area contributed by atoms with Gasteiger partial charge in [0.05, 0.1) is 6.10 Å². The van der Waals surface area contributed by atoms with Crippen molar-refractivity contribution in [3.05, 3.63) is 36.0 Å². The Morgan fingerprint density at radius 1 is 1.35 bits per heavy atom. The number of benzene rings is 1. The summed E-state index contributed by atoms with van der Waals surface area (Å²) < 4.78 is 0. The van der Waals surface area contributed by atoms with Crippen LogP contribution in [0.25, 0.3) is 10.9 Å². The number of aliphatic hydroxyl groups excluding tert-OH is 2. The van der Waals surface area contributed by atoms with Crippen LogP contribution in [-0.4, -0.2) is 39.9 Å². The Bertz CT molecular complexity index is 622. The van der Waals surface area contributed by atoms with E-state index in [4.69, 9.17) is 5.11 Å². The number of carbonyl (C=O) groups is 1. The van der Waals surface area contributed by atoms with Crippen molar-refractivity contribution in [2.75, 3.05) is 6.61 Å². The average Bonchev–Trinajstić information content (AvgIpc) is 3.03. The van der Waals surface area contributed by atoms with E-state index in [1.807, 2.05) is 24.4 Å². The topological polar surface area (TPSA) is 85.3 Å². The second-order valence-corrected chi connectivity index (χ2v) is 5.43. The monoisotopic (exact) mass is 274 g/mol. The van der Waals surface area contributed by atoms with E-state index in [2.05, 4.69) is 10.3 Å². The first kappa shape index (κ1) is 13.1. The zero-order valence-electron chi connectivity index (χ0n) is 11.0. The number of H-pyrrole nitrogens is 1. The van der Waals surface area contributed by atoms with Crippen molar-refractivity contribution >= 4 is 16.8 Å². The minimum absolute atomic E-state index is 0.0388. The molecule has 20 heavy (non-hydrogen) atoms. The summed E-state index contributed by atoms with van der Waals surface area (Å²) in [5, 5.41) is 22.8. The molecule has 1 amide bonds. The molecule has 1 saturated carbocycles. The Balaban J connectivity index is 1.70. The largest absolute Gasteiger partial charge is 0.396 e. The molecule has 1 aliphatic rings. The highest BCUT2D eigenvalue weighted by Gasteiger charge is 2.33. The number of hydrogen-bond acceptors (Lipinski definition) is 3. The molecule has 0 radical (unpaired) electrons. The van der Waals surface area contributed by atoms with Crippen molar-refractivity contribution in [2.24, 2.45) is 5.92 Å². The molecule has 0 aliphatic heterocycles. The molecule has 1 heterocycles. The number of nitrogens with one attached hydrogen (secondary N) is 2. The number of carbonyl (C=O) groups excluding carboxylic acids is 1. The van der Waals surface area contributed by atoms with Gasteiger partial charge in [-0.25, -0.2) is 0 Å². The summed E-state index contributed by atoms with van der Waals surface area (Å²) in [7, 11) is 0. The van der Waals surface area contributed by atoms with Crippen LogP contribution in [-0.2, 0) is 0 Å². The smallest absolute Gasteiger partial charge is 0.251 e. The highest BCUT2D eigenvalue weighted by Crippen LogP contribution is 2.26. The zero-order chi connectivity index (χ0) is 14.1. The number of aliphatic hydroxyl groups is 2. The van der Waals surface area contributed by atoms with E-state index >= 15 is 0 Å². The quantitative estimate of drug-likeness (QED) is 0.674. The van der Waals surface area contributed by atoms with Gasteiger partial charge < -0.3 is 20.5 Å². The van der Waals surface area contributed by atoms with Crippen molar-refractivity contribution in [1.82, 2.24) is 10.3 Å². The fraction of sp³-hybridized carbons (Fsp3) is 0.400. The molecule has 5 heteroatoms. The number of rotatable bonds is 3. The van der Waals surface area contributed by atoms with Gasteiger partial charge in [-0.3, -0.25) is 4.79 Å². The third kappa shape index (κ3) is 2.42. The van der Waals surface area contributed by atoms with Crippen LogP contribution in [0.2, 0.25) is 0 Å². The molecule has 2 aromatic rings. The molecule has 0 unspecified atom stereocenters. The summed E-state index contributed by atoms with van der Waals surface area (Å²) in [6.07, 6.45) is 2.43. The maximum atomic E-state index is 12.2. The lowest BCUT2D eigenvalue weighted by atomic mass is 10.1. The molecule has 1 aromatic carbocycles.